The third kappa shape index (κ3) is 8.57. The number of amides is 2. The van der Waals surface area contributed by atoms with Crippen molar-refractivity contribution in [2.24, 2.45) is 5.41 Å². The van der Waals surface area contributed by atoms with E-state index in [1.54, 1.807) is 23.1 Å². The van der Waals surface area contributed by atoms with Crippen LogP contribution in [-0.4, -0.2) is 55.0 Å². The average molecular weight is 648 g/mol. The molecule has 2 rings (SSSR count). The highest BCUT2D eigenvalue weighted by Crippen LogP contribution is 2.36. The Morgan fingerprint density at radius 1 is 1.30 bits per heavy atom. The van der Waals surface area contributed by atoms with Crippen molar-refractivity contribution in [3.63, 3.8) is 0 Å². The number of rotatable bonds is 6. The van der Waals surface area contributed by atoms with Crippen molar-refractivity contribution in [1.82, 2.24) is 4.90 Å². The van der Waals surface area contributed by atoms with Crippen LogP contribution in [0.5, 0.6) is 0 Å². The van der Waals surface area contributed by atoms with Crippen LogP contribution in [0.1, 0.15) is 37.6 Å². The molecule has 184 valence electrons. The van der Waals surface area contributed by atoms with Crippen LogP contribution in [0, 0.1) is 8.99 Å². The minimum absolute atomic E-state index is 0.138. The normalized spacial score (nSPS) is 17.9. The van der Waals surface area contributed by atoms with Gasteiger partial charge in [0.1, 0.15) is 6.61 Å². The van der Waals surface area contributed by atoms with Gasteiger partial charge in [-0.05, 0) is 65.7 Å². The number of anilines is 1. The van der Waals surface area contributed by atoms with Crippen molar-refractivity contribution < 1.29 is 18.8 Å². The number of hydrogen-bond donors (Lipinski definition) is 1. The van der Waals surface area contributed by atoms with Crippen LogP contribution >= 0.6 is 57.4 Å². The first-order valence-corrected chi connectivity index (χ1v) is 15.5. The SMILES string of the molecule is C=C1C[C@@H](C(O[SiH](C)C)C(C)(C)C)N(C(=O)c2cc(I)ccc2NC(=O)OCC(Cl)(Cl)Cl)C1. The molecule has 1 aliphatic heterocycles. The van der Waals surface area contributed by atoms with Crippen molar-refractivity contribution in [3.8, 4) is 0 Å². The molecular weight excluding hydrogens is 618 g/mol. The van der Waals surface area contributed by atoms with Gasteiger partial charge < -0.3 is 14.1 Å². The molecule has 2 amide bonds. The predicted octanol–water partition coefficient (Wildman–Crippen LogP) is 6.40. The highest BCUT2D eigenvalue weighted by atomic mass is 127. The van der Waals surface area contributed by atoms with Crippen LogP contribution in [0.3, 0.4) is 0 Å². The molecule has 1 aromatic carbocycles. The van der Waals surface area contributed by atoms with Gasteiger partial charge in [-0.2, -0.15) is 0 Å². The van der Waals surface area contributed by atoms with Gasteiger partial charge in [-0.15, -0.1) is 0 Å². The number of benzene rings is 1. The quantitative estimate of drug-likeness (QED) is 0.168. The van der Waals surface area contributed by atoms with E-state index in [1.807, 2.05) is 0 Å². The van der Waals surface area contributed by atoms with Gasteiger partial charge in [0, 0.05) is 10.1 Å². The van der Waals surface area contributed by atoms with E-state index in [-0.39, 0.29) is 23.5 Å². The minimum atomic E-state index is -1.73. The third-order valence-electron chi connectivity index (χ3n) is 4.99. The second-order valence-corrected chi connectivity index (χ2v) is 15.6. The Balaban J connectivity index is 2.35. The van der Waals surface area contributed by atoms with Crippen LogP contribution in [0.15, 0.2) is 30.4 Å². The summed E-state index contributed by atoms with van der Waals surface area (Å²) < 4.78 is 10.5. The molecule has 0 bridgehead atoms. The number of likely N-dealkylation sites (tertiary alicyclic amines) is 1. The minimum Gasteiger partial charge on any atom is -0.445 e. The topological polar surface area (TPSA) is 67.9 Å². The van der Waals surface area contributed by atoms with E-state index in [4.69, 9.17) is 44.0 Å². The number of nitrogens with zero attached hydrogens (tertiary/aromatic N) is 1. The second-order valence-electron chi connectivity index (χ2n) is 9.43. The largest absolute Gasteiger partial charge is 0.445 e. The van der Waals surface area contributed by atoms with E-state index in [1.165, 1.54) is 0 Å². The lowest BCUT2D eigenvalue weighted by Crippen LogP contribution is -2.50. The highest BCUT2D eigenvalue weighted by molar-refractivity contribution is 14.1. The zero-order chi connectivity index (χ0) is 25.1. The molecule has 0 saturated carbocycles. The fraction of sp³-hybridized carbons (Fsp3) is 0.545. The summed E-state index contributed by atoms with van der Waals surface area (Å²) in [5.41, 5.74) is 1.47. The smallest absolute Gasteiger partial charge is 0.411 e. The average Bonchev–Trinajstić information content (AvgIpc) is 3.05. The number of alkyl halides is 3. The van der Waals surface area contributed by atoms with Crippen LogP contribution in [0.4, 0.5) is 10.5 Å². The molecule has 0 aliphatic carbocycles. The fourth-order valence-corrected chi connectivity index (χ4v) is 5.57. The zero-order valence-corrected chi connectivity index (χ0v) is 25.0. The van der Waals surface area contributed by atoms with Crippen LogP contribution in [-0.2, 0) is 9.16 Å². The molecule has 1 unspecified atom stereocenters. The van der Waals surface area contributed by atoms with Crippen LogP contribution < -0.4 is 5.32 Å². The molecule has 2 atom stereocenters. The van der Waals surface area contributed by atoms with Gasteiger partial charge in [-0.25, -0.2) is 4.79 Å². The van der Waals surface area contributed by atoms with E-state index in [0.717, 1.165) is 9.14 Å². The highest BCUT2D eigenvalue weighted by Gasteiger charge is 2.43. The molecule has 1 N–H and O–H groups in total. The lowest BCUT2D eigenvalue weighted by Gasteiger charge is -2.40. The summed E-state index contributed by atoms with van der Waals surface area (Å²) in [6.45, 7) is 14.8. The van der Waals surface area contributed by atoms with Crippen LogP contribution in [0.2, 0.25) is 13.1 Å². The van der Waals surface area contributed by atoms with Gasteiger partial charge in [0.05, 0.1) is 23.4 Å². The third-order valence-corrected chi connectivity index (χ3v) is 6.83. The molecule has 1 aliphatic rings. The van der Waals surface area contributed by atoms with E-state index in [0.29, 0.717) is 24.2 Å². The first kappa shape index (κ1) is 28.7. The Morgan fingerprint density at radius 2 is 1.94 bits per heavy atom. The molecule has 0 aromatic heterocycles. The Morgan fingerprint density at radius 3 is 2.48 bits per heavy atom. The number of carbonyl (C=O) groups excluding carboxylic acids is 2. The second kappa shape index (κ2) is 11.5. The van der Waals surface area contributed by atoms with Gasteiger partial charge >= 0.3 is 6.09 Å². The summed E-state index contributed by atoms with van der Waals surface area (Å²) in [5, 5.41) is 2.60. The summed E-state index contributed by atoms with van der Waals surface area (Å²) in [4.78, 5) is 27.8. The fourth-order valence-electron chi connectivity index (χ4n) is 3.74. The molecule has 1 fully saturated rings. The van der Waals surface area contributed by atoms with E-state index in [9.17, 15) is 9.59 Å². The molecule has 11 heteroatoms. The Bertz CT molecular complexity index is 903. The van der Waals surface area contributed by atoms with Crippen molar-refractivity contribution >= 4 is 84.1 Å². The van der Waals surface area contributed by atoms with Gasteiger partial charge in [0.2, 0.25) is 3.79 Å². The van der Waals surface area contributed by atoms with Crippen molar-refractivity contribution in [3.05, 3.63) is 39.5 Å². The zero-order valence-electron chi connectivity index (χ0n) is 19.4. The standard InChI is InChI=1S/C22H30Cl3IN2O4Si/c1-13-9-17(18(21(2,3)4)32-33(5)6)28(11-13)19(29)15-10-14(26)7-8-16(15)27-20(30)31-12-22(23,24)25/h7-8,10,17-18,33H,1,9,11-12H2,2-6H3,(H,27,30)/t17-,18?/m0/s1. The maximum atomic E-state index is 13.8. The van der Waals surface area contributed by atoms with Gasteiger partial charge in [0.15, 0.2) is 9.04 Å². The van der Waals surface area contributed by atoms with E-state index < -0.39 is 25.5 Å². The van der Waals surface area contributed by atoms with E-state index >= 15 is 0 Å². The Hall–Kier alpha value is -0.523. The lowest BCUT2D eigenvalue weighted by atomic mass is 9.83. The van der Waals surface area contributed by atoms with Crippen molar-refractivity contribution in [1.29, 1.82) is 0 Å². The molecule has 1 aromatic rings. The number of halogens is 4. The first-order chi connectivity index (χ1) is 15.1. The van der Waals surface area contributed by atoms with Gasteiger partial charge in [0.25, 0.3) is 5.91 Å². The Labute approximate surface area is 226 Å². The van der Waals surface area contributed by atoms with Crippen molar-refractivity contribution in [2.45, 2.75) is 56.2 Å². The van der Waals surface area contributed by atoms with Crippen molar-refractivity contribution in [2.75, 3.05) is 18.5 Å². The molecule has 1 saturated heterocycles. The molecular formula is C22H30Cl3IN2O4Si. The summed E-state index contributed by atoms with van der Waals surface area (Å²) in [7, 11) is -1.37. The van der Waals surface area contributed by atoms with Crippen LogP contribution in [0.25, 0.3) is 0 Å². The number of carbonyl (C=O) groups is 2. The van der Waals surface area contributed by atoms with E-state index in [2.05, 4.69) is 68.4 Å². The summed E-state index contributed by atoms with van der Waals surface area (Å²) in [6, 6.07) is 5.02. The number of ether oxygens (including phenoxy) is 1. The molecule has 6 nitrogen and oxygen atoms in total. The summed E-state index contributed by atoms with van der Waals surface area (Å²) >= 11 is 19.1. The monoisotopic (exact) mass is 646 g/mol. The first-order valence-electron chi connectivity index (χ1n) is 10.5. The number of nitrogens with one attached hydrogen (secondary N) is 1. The molecule has 1 heterocycles. The molecule has 0 radical (unpaired) electrons. The number of hydrogen-bond acceptors (Lipinski definition) is 4. The molecule has 33 heavy (non-hydrogen) atoms. The van der Waals surface area contributed by atoms with Gasteiger partial charge in [-0.3, -0.25) is 10.1 Å². The maximum Gasteiger partial charge on any atom is 0.411 e. The maximum absolute atomic E-state index is 13.8. The predicted molar refractivity (Wildman–Crippen MR) is 146 cm³/mol. The molecule has 0 spiro atoms. The summed E-state index contributed by atoms with van der Waals surface area (Å²) in [6.07, 6.45) is -0.284. The van der Waals surface area contributed by atoms with Gasteiger partial charge in [-0.1, -0.05) is 67.7 Å². The lowest BCUT2D eigenvalue weighted by molar-refractivity contribution is 0.0139. The Kier molecular flexibility index (Phi) is 9.98. The summed E-state index contributed by atoms with van der Waals surface area (Å²) in [5.74, 6) is -0.211.